The molecular formula is C19H28O. The maximum Gasteiger partial charge on any atom is 0.129 e. The summed E-state index contributed by atoms with van der Waals surface area (Å²) in [5.74, 6) is 2.11. The molecule has 0 fully saturated rings. The summed E-state index contributed by atoms with van der Waals surface area (Å²) in [6.45, 7) is 18.1. The summed E-state index contributed by atoms with van der Waals surface area (Å²) in [5, 5.41) is 0. The topological polar surface area (TPSA) is 9.23 Å². The Bertz CT molecular complexity index is 435. The molecule has 0 bridgehead atoms. The highest BCUT2D eigenvalue weighted by Crippen LogP contribution is 2.21. The minimum atomic E-state index is 0.536. The fraction of sp³-hybridized carbons (Fsp3) is 0.368. The van der Waals surface area contributed by atoms with Crippen LogP contribution in [0.1, 0.15) is 52.5 Å². The molecule has 0 unspecified atom stereocenters. The van der Waals surface area contributed by atoms with Crippen molar-refractivity contribution >= 4 is 0 Å². The third kappa shape index (κ3) is 6.98. The minimum absolute atomic E-state index is 0.536. The summed E-state index contributed by atoms with van der Waals surface area (Å²) in [4.78, 5) is 0. The first kappa shape index (κ1) is 18.2. The van der Waals surface area contributed by atoms with Gasteiger partial charge in [0.15, 0.2) is 0 Å². The Morgan fingerprint density at radius 1 is 1.20 bits per heavy atom. The molecule has 110 valence electrons. The number of ether oxygens (including phenoxy) is 1. The monoisotopic (exact) mass is 272 g/mol. The van der Waals surface area contributed by atoms with Gasteiger partial charge in [-0.25, -0.2) is 0 Å². The van der Waals surface area contributed by atoms with E-state index >= 15 is 0 Å². The van der Waals surface area contributed by atoms with Gasteiger partial charge in [-0.1, -0.05) is 65.5 Å². The highest BCUT2D eigenvalue weighted by Gasteiger charge is 2.02. The largest absolute Gasteiger partial charge is 0.457 e. The van der Waals surface area contributed by atoms with E-state index in [1.807, 2.05) is 25.1 Å². The van der Waals surface area contributed by atoms with Gasteiger partial charge < -0.3 is 4.74 Å². The Labute approximate surface area is 124 Å². The summed E-state index contributed by atoms with van der Waals surface area (Å²) >= 11 is 0. The lowest BCUT2D eigenvalue weighted by molar-refractivity contribution is 0.436. The summed E-state index contributed by atoms with van der Waals surface area (Å²) in [6.07, 6.45) is 4.77. The van der Waals surface area contributed by atoms with Crippen molar-refractivity contribution in [1.29, 1.82) is 0 Å². The molecule has 0 radical (unpaired) electrons. The summed E-state index contributed by atoms with van der Waals surface area (Å²) < 4.78 is 5.74. The molecule has 1 rings (SSSR count). The van der Waals surface area contributed by atoms with Gasteiger partial charge in [0.25, 0.3) is 0 Å². The van der Waals surface area contributed by atoms with E-state index in [4.69, 9.17) is 4.74 Å². The van der Waals surface area contributed by atoms with E-state index in [1.165, 1.54) is 12.0 Å². The van der Waals surface area contributed by atoms with Gasteiger partial charge in [0.1, 0.15) is 11.5 Å². The third-order valence-electron chi connectivity index (χ3n) is 2.46. The Balaban J connectivity index is 0.00000110. The van der Waals surface area contributed by atoms with Crippen molar-refractivity contribution in [3.05, 3.63) is 66.5 Å². The van der Waals surface area contributed by atoms with Crippen molar-refractivity contribution in [3.8, 4) is 5.75 Å². The highest BCUT2D eigenvalue weighted by molar-refractivity contribution is 5.34. The van der Waals surface area contributed by atoms with E-state index in [2.05, 4.69) is 53.0 Å². The first-order valence-corrected chi connectivity index (χ1v) is 7.22. The van der Waals surface area contributed by atoms with Crippen LogP contribution in [-0.4, -0.2) is 0 Å². The van der Waals surface area contributed by atoms with Crippen molar-refractivity contribution in [2.24, 2.45) is 0 Å². The minimum Gasteiger partial charge on any atom is -0.457 e. The second-order valence-corrected chi connectivity index (χ2v) is 5.08. The predicted octanol–water partition coefficient (Wildman–Crippen LogP) is 6.25. The van der Waals surface area contributed by atoms with E-state index in [-0.39, 0.29) is 0 Å². The average Bonchev–Trinajstić information content (AvgIpc) is 2.39. The maximum absolute atomic E-state index is 5.74. The third-order valence-corrected chi connectivity index (χ3v) is 2.46. The van der Waals surface area contributed by atoms with E-state index in [0.29, 0.717) is 5.92 Å². The Hall–Kier alpha value is -1.76. The van der Waals surface area contributed by atoms with Crippen LogP contribution >= 0.6 is 0 Å². The molecule has 0 aromatic heterocycles. The number of hydrogen-bond donors (Lipinski definition) is 0. The van der Waals surface area contributed by atoms with Crippen LogP contribution in [0.3, 0.4) is 0 Å². The van der Waals surface area contributed by atoms with Crippen LogP contribution in [0.5, 0.6) is 5.75 Å². The molecule has 0 aliphatic heterocycles. The standard InChI is InChI=1S/C16H20O.C3H8/c1-6-7-16(13(4)5)17-15-10-8-14(9-11-15)12(2)3;1-3-2/h6-12H,1,4H2,2-3,5H3;3H2,1-2H3/b16-7+;. The van der Waals surface area contributed by atoms with E-state index in [1.54, 1.807) is 6.08 Å². The average molecular weight is 272 g/mol. The van der Waals surface area contributed by atoms with Crippen LogP contribution in [0.2, 0.25) is 0 Å². The van der Waals surface area contributed by atoms with Crippen LogP contribution in [0.4, 0.5) is 0 Å². The summed E-state index contributed by atoms with van der Waals surface area (Å²) in [7, 11) is 0. The number of allylic oxidation sites excluding steroid dienone is 3. The molecule has 0 saturated heterocycles. The van der Waals surface area contributed by atoms with Crippen LogP contribution in [0.15, 0.2) is 60.9 Å². The quantitative estimate of drug-likeness (QED) is 0.454. The molecule has 0 saturated carbocycles. The van der Waals surface area contributed by atoms with Gasteiger partial charge in [-0.2, -0.15) is 0 Å². The molecule has 0 N–H and O–H groups in total. The van der Waals surface area contributed by atoms with Crippen molar-refractivity contribution in [2.45, 2.75) is 47.0 Å². The normalized spacial score (nSPS) is 10.6. The molecular weight excluding hydrogens is 244 g/mol. The van der Waals surface area contributed by atoms with Gasteiger partial charge in [0.2, 0.25) is 0 Å². The fourth-order valence-corrected chi connectivity index (χ4v) is 1.42. The molecule has 1 nitrogen and oxygen atoms in total. The maximum atomic E-state index is 5.74. The van der Waals surface area contributed by atoms with Crippen LogP contribution in [0, 0.1) is 0 Å². The Morgan fingerprint density at radius 3 is 2.05 bits per heavy atom. The van der Waals surface area contributed by atoms with Gasteiger partial charge >= 0.3 is 0 Å². The van der Waals surface area contributed by atoms with Gasteiger partial charge in [-0.15, -0.1) is 0 Å². The first-order chi connectivity index (χ1) is 9.46. The van der Waals surface area contributed by atoms with Crippen LogP contribution in [0.25, 0.3) is 0 Å². The molecule has 0 amide bonds. The summed E-state index contributed by atoms with van der Waals surface area (Å²) in [5.41, 5.74) is 2.19. The van der Waals surface area contributed by atoms with Crippen LogP contribution in [-0.2, 0) is 0 Å². The lowest BCUT2D eigenvalue weighted by atomic mass is 10.0. The zero-order chi connectivity index (χ0) is 15.5. The number of rotatable bonds is 5. The molecule has 1 heteroatoms. The zero-order valence-electron chi connectivity index (χ0n) is 13.6. The van der Waals surface area contributed by atoms with Crippen LogP contribution < -0.4 is 4.74 Å². The smallest absolute Gasteiger partial charge is 0.129 e. The molecule has 0 aliphatic carbocycles. The fourth-order valence-electron chi connectivity index (χ4n) is 1.42. The number of hydrogen-bond acceptors (Lipinski definition) is 1. The van der Waals surface area contributed by atoms with E-state index in [0.717, 1.165) is 17.1 Å². The summed E-state index contributed by atoms with van der Waals surface area (Å²) in [6, 6.07) is 8.14. The van der Waals surface area contributed by atoms with E-state index < -0.39 is 0 Å². The highest BCUT2D eigenvalue weighted by atomic mass is 16.5. The van der Waals surface area contributed by atoms with Crippen molar-refractivity contribution < 1.29 is 4.74 Å². The van der Waals surface area contributed by atoms with Gasteiger partial charge in [0.05, 0.1) is 0 Å². The van der Waals surface area contributed by atoms with Gasteiger partial charge in [-0.3, -0.25) is 0 Å². The molecule has 1 aromatic carbocycles. The molecule has 0 aliphatic rings. The lowest BCUT2D eigenvalue weighted by Crippen LogP contribution is -1.96. The Kier molecular flexibility index (Phi) is 9.19. The molecule has 20 heavy (non-hydrogen) atoms. The second-order valence-electron chi connectivity index (χ2n) is 5.08. The zero-order valence-corrected chi connectivity index (χ0v) is 13.6. The Morgan fingerprint density at radius 2 is 1.70 bits per heavy atom. The SMILES string of the molecule is C=C/C=C(/Oc1ccc(C(C)C)cc1)C(=C)C.CCC. The molecule has 0 heterocycles. The lowest BCUT2D eigenvalue weighted by Gasteiger charge is -2.11. The molecule has 1 aromatic rings. The molecule has 0 atom stereocenters. The molecule has 0 spiro atoms. The number of benzene rings is 1. The predicted molar refractivity (Wildman–Crippen MR) is 90.2 cm³/mol. The van der Waals surface area contributed by atoms with Gasteiger partial charge in [-0.05, 0) is 42.2 Å². The van der Waals surface area contributed by atoms with Crippen molar-refractivity contribution in [2.75, 3.05) is 0 Å². The van der Waals surface area contributed by atoms with Gasteiger partial charge in [0, 0.05) is 0 Å². The van der Waals surface area contributed by atoms with Crippen molar-refractivity contribution in [1.82, 2.24) is 0 Å². The van der Waals surface area contributed by atoms with E-state index in [9.17, 15) is 0 Å². The van der Waals surface area contributed by atoms with Crippen molar-refractivity contribution in [3.63, 3.8) is 0 Å². The first-order valence-electron chi connectivity index (χ1n) is 7.22. The second kappa shape index (κ2) is 10.1.